The number of rotatable bonds is 2. The quantitative estimate of drug-likeness (QED) is 0.663. The van der Waals surface area contributed by atoms with Gasteiger partial charge in [-0.2, -0.15) is 0 Å². The van der Waals surface area contributed by atoms with Gasteiger partial charge in [-0.05, 0) is 66.7 Å². The molecular weight excluding hydrogens is 394 g/mol. The summed E-state index contributed by atoms with van der Waals surface area (Å²) in [6, 6.07) is 15.5. The van der Waals surface area contributed by atoms with Crippen molar-refractivity contribution >= 4 is 27.7 Å². The Morgan fingerprint density at radius 3 is 2.68 bits per heavy atom. The van der Waals surface area contributed by atoms with E-state index in [1.165, 1.54) is 47.5 Å². The first-order valence-corrected chi connectivity index (χ1v) is 10.9. The highest BCUT2D eigenvalue weighted by atomic mass is 79.9. The van der Waals surface area contributed by atoms with E-state index in [4.69, 9.17) is 4.74 Å². The van der Waals surface area contributed by atoms with Gasteiger partial charge in [-0.15, -0.1) is 11.8 Å². The molecule has 0 radical (unpaired) electrons. The van der Waals surface area contributed by atoms with Gasteiger partial charge in [-0.25, -0.2) is 0 Å². The second-order valence-electron chi connectivity index (χ2n) is 7.36. The lowest BCUT2D eigenvalue weighted by atomic mass is 9.85. The molecule has 0 unspecified atom stereocenters. The Balaban J connectivity index is 1.56. The number of ether oxygens (including phenoxy) is 1. The Morgan fingerprint density at radius 2 is 1.88 bits per heavy atom. The van der Waals surface area contributed by atoms with Crippen molar-refractivity contribution in [3.05, 3.63) is 63.6 Å². The molecule has 0 spiro atoms. The lowest BCUT2D eigenvalue weighted by Crippen LogP contribution is -2.51. The smallest absolute Gasteiger partial charge is 0.109 e. The summed E-state index contributed by atoms with van der Waals surface area (Å²) < 4.78 is 8.01. The molecule has 0 aromatic heterocycles. The van der Waals surface area contributed by atoms with Crippen molar-refractivity contribution in [2.45, 2.75) is 35.7 Å². The lowest BCUT2D eigenvalue weighted by molar-refractivity contribution is -0.0933. The third-order valence-electron chi connectivity index (χ3n) is 5.88. The number of benzene rings is 2. The Morgan fingerprint density at radius 1 is 1.04 bits per heavy atom. The van der Waals surface area contributed by atoms with Crippen LogP contribution in [0.25, 0.3) is 0 Å². The van der Waals surface area contributed by atoms with Crippen LogP contribution in [0.4, 0.5) is 0 Å². The van der Waals surface area contributed by atoms with Crippen LogP contribution in [-0.4, -0.2) is 30.6 Å². The molecule has 0 aliphatic carbocycles. The van der Waals surface area contributed by atoms with Gasteiger partial charge in [-0.3, -0.25) is 0 Å². The van der Waals surface area contributed by atoms with Crippen LogP contribution in [0.15, 0.2) is 51.8 Å². The van der Waals surface area contributed by atoms with E-state index >= 15 is 0 Å². The fraction of sp³-hybridized carbons (Fsp3) is 0.429. The average Bonchev–Trinajstić information content (AvgIpc) is 2.80. The fourth-order valence-electron chi connectivity index (χ4n) is 4.49. The van der Waals surface area contributed by atoms with Crippen molar-refractivity contribution < 1.29 is 4.74 Å². The third kappa shape index (κ3) is 3.08. The van der Waals surface area contributed by atoms with E-state index in [0.717, 1.165) is 22.7 Å². The minimum absolute atomic E-state index is 0.0456. The van der Waals surface area contributed by atoms with E-state index in [9.17, 15) is 0 Å². The molecule has 130 valence electrons. The fourth-order valence-corrected chi connectivity index (χ4v) is 5.94. The van der Waals surface area contributed by atoms with Crippen molar-refractivity contribution in [2.24, 2.45) is 5.92 Å². The van der Waals surface area contributed by atoms with Gasteiger partial charge >= 0.3 is 0 Å². The Labute approximate surface area is 162 Å². The highest BCUT2D eigenvalue weighted by molar-refractivity contribution is 9.10. The number of halogens is 1. The van der Waals surface area contributed by atoms with E-state index < -0.39 is 0 Å². The first kappa shape index (κ1) is 16.4. The summed E-state index contributed by atoms with van der Waals surface area (Å²) in [5.41, 5.74) is 4.08. The maximum atomic E-state index is 6.88. The van der Waals surface area contributed by atoms with E-state index in [-0.39, 0.29) is 6.10 Å². The van der Waals surface area contributed by atoms with Gasteiger partial charge in [0.05, 0.1) is 6.10 Å². The molecule has 2 aromatic carbocycles. The molecule has 0 amide bonds. The maximum absolute atomic E-state index is 6.88. The molecule has 4 heterocycles. The van der Waals surface area contributed by atoms with Crippen LogP contribution in [-0.2, 0) is 10.5 Å². The summed E-state index contributed by atoms with van der Waals surface area (Å²) >= 11 is 5.60. The summed E-state index contributed by atoms with van der Waals surface area (Å²) in [5, 5.41) is 0. The van der Waals surface area contributed by atoms with Crippen LogP contribution in [0.1, 0.15) is 35.6 Å². The van der Waals surface area contributed by atoms with E-state index in [1.54, 1.807) is 0 Å². The first-order valence-electron chi connectivity index (χ1n) is 9.16. The van der Waals surface area contributed by atoms with Crippen LogP contribution < -0.4 is 0 Å². The maximum Gasteiger partial charge on any atom is 0.109 e. The summed E-state index contributed by atoms with van der Waals surface area (Å²) in [6.07, 6.45) is 2.98. The predicted octanol–water partition coefficient (Wildman–Crippen LogP) is 5.26. The zero-order valence-electron chi connectivity index (χ0n) is 14.2. The van der Waals surface area contributed by atoms with E-state index in [0.29, 0.717) is 6.10 Å². The van der Waals surface area contributed by atoms with Crippen molar-refractivity contribution in [1.29, 1.82) is 0 Å². The summed E-state index contributed by atoms with van der Waals surface area (Å²) in [4.78, 5) is 3.93. The average molecular weight is 416 g/mol. The molecule has 2 atom stereocenters. The molecule has 0 saturated carbocycles. The number of fused-ring (bicyclic) bond motifs is 5. The second-order valence-corrected chi connectivity index (χ2v) is 9.30. The molecule has 4 aliphatic rings. The van der Waals surface area contributed by atoms with Gasteiger partial charge in [0, 0.05) is 21.7 Å². The molecule has 2 nitrogen and oxygen atoms in total. The molecule has 25 heavy (non-hydrogen) atoms. The number of nitrogens with zero attached hydrogens (tertiary/aromatic N) is 1. The SMILES string of the molecule is Brc1ccc2c(c1)[C@@H](O[C@H]1CN3CCC1CC3)c1ccccc1CS2. The topological polar surface area (TPSA) is 12.5 Å². The van der Waals surface area contributed by atoms with Gasteiger partial charge in [0.2, 0.25) is 0 Å². The molecule has 3 saturated heterocycles. The van der Waals surface area contributed by atoms with Gasteiger partial charge in [0.25, 0.3) is 0 Å². The van der Waals surface area contributed by atoms with Gasteiger partial charge in [0.1, 0.15) is 6.10 Å². The van der Waals surface area contributed by atoms with Gasteiger partial charge in [-0.1, -0.05) is 40.2 Å². The molecule has 4 heteroatoms. The zero-order valence-corrected chi connectivity index (χ0v) is 16.6. The minimum atomic E-state index is 0.0456. The Bertz CT molecular complexity index is 787. The predicted molar refractivity (Wildman–Crippen MR) is 106 cm³/mol. The number of hydrogen-bond donors (Lipinski definition) is 0. The van der Waals surface area contributed by atoms with Crippen molar-refractivity contribution in [1.82, 2.24) is 4.90 Å². The van der Waals surface area contributed by atoms with Crippen LogP contribution in [0.5, 0.6) is 0 Å². The minimum Gasteiger partial charge on any atom is -0.364 e. The van der Waals surface area contributed by atoms with Crippen LogP contribution in [0.3, 0.4) is 0 Å². The second kappa shape index (κ2) is 6.73. The summed E-state index contributed by atoms with van der Waals surface area (Å²) in [5.74, 6) is 1.74. The standard InChI is InChI=1S/C21H22BrNOS/c22-16-5-6-20-18(11-16)21(17-4-2-1-3-15(17)13-25-20)24-19-12-23-9-7-14(19)8-10-23/h1-6,11,14,19,21H,7-10,12-13H2/t19-,21-/m0/s1. The summed E-state index contributed by atoms with van der Waals surface area (Å²) in [6.45, 7) is 3.60. The lowest BCUT2D eigenvalue weighted by Gasteiger charge is -2.45. The highest BCUT2D eigenvalue weighted by Crippen LogP contribution is 2.44. The Kier molecular flexibility index (Phi) is 4.41. The van der Waals surface area contributed by atoms with Crippen molar-refractivity contribution in [2.75, 3.05) is 19.6 Å². The number of thioether (sulfide) groups is 1. The molecule has 0 N–H and O–H groups in total. The normalized spacial score (nSPS) is 30.4. The largest absolute Gasteiger partial charge is 0.364 e. The first-order chi connectivity index (χ1) is 12.3. The molecule has 6 rings (SSSR count). The molecule has 2 bridgehead atoms. The van der Waals surface area contributed by atoms with Crippen LogP contribution in [0.2, 0.25) is 0 Å². The zero-order chi connectivity index (χ0) is 16.8. The van der Waals surface area contributed by atoms with Crippen LogP contribution >= 0.6 is 27.7 Å². The summed E-state index contributed by atoms with van der Waals surface area (Å²) in [7, 11) is 0. The highest BCUT2D eigenvalue weighted by Gasteiger charge is 2.37. The number of piperidine rings is 3. The molecular formula is C21H22BrNOS. The van der Waals surface area contributed by atoms with Gasteiger partial charge < -0.3 is 9.64 Å². The monoisotopic (exact) mass is 415 g/mol. The molecule has 2 aromatic rings. The van der Waals surface area contributed by atoms with E-state index in [1.807, 2.05) is 11.8 Å². The molecule has 3 fully saturated rings. The third-order valence-corrected chi connectivity index (χ3v) is 7.51. The van der Waals surface area contributed by atoms with Crippen LogP contribution in [0, 0.1) is 5.92 Å². The van der Waals surface area contributed by atoms with E-state index in [2.05, 4.69) is 63.3 Å². The van der Waals surface area contributed by atoms with Crippen molar-refractivity contribution in [3.8, 4) is 0 Å². The number of hydrogen-bond acceptors (Lipinski definition) is 3. The van der Waals surface area contributed by atoms with Gasteiger partial charge in [0.15, 0.2) is 0 Å². The molecule has 4 aliphatic heterocycles. The Hall–Kier alpha value is -0.810. The van der Waals surface area contributed by atoms with Crippen molar-refractivity contribution in [3.63, 3.8) is 0 Å².